The molecule has 0 bridgehead atoms. The molecule has 142 valence electrons. The molecular weight excluding hydrogens is 326 g/mol. The van der Waals surface area contributed by atoms with Crippen LogP contribution in [0.25, 0.3) is 0 Å². The van der Waals surface area contributed by atoms with Crippen LogP contribution in [0.3, 0.4) is 0 Å². The predicted molar refractivity (Wildman–Crippen MR) is 104 cm³/mol. The number of rotatable bonds is 4. The molecule has 2 fully saturated rings. The van der Waals surface area contributed by atoms with Gasteiger partial charge in [-0.3, -0.25) is 14.5 Å². The first kappa shape index (κ1) is 18.9. The Balaban J connectivity index is 1.56. The van der Waals surface area contributed by atoms with Gasteiger partial charge in [0.1, 0.15) is 0 Å². The van der Waals surface area contributed by atoms with E-state index < -0.39 is 0 Å². The molecule has 0 unspecified atom stereocenters. The number of anilines is 1. The van der Waals surface area contributed by atoms with Gasteiger partial charge in [0.25, 0.3) is 0 Å². The normalized spacial score (nSPS) is 23.1. The van der Waals surface area contributed by atoms with E-state index in [1.165, 1.54) is 12.8 Å². The lowest BCUT2D eigenvalue weighted by molar-refractivity contribution is -0.138. The Kier molecular flexibility index (Phi) is 6.67. The lowest BCUT2D eigenvalue weighted by Crippen LogP contribution is -2.52. The predicted octanol–water partition coefficient (Wildman–Crippen LogP) is 3.13. The number of piperidine rings is 1. The van der Waals surface area contributed by atoms with Crippen LogP contribution < -0.4 is 5.32 Å². The van der Waals surface area contributed by atoms with Crippen molar-refractivity contribution in [1.82, 2.24) is 9.80 Å². The molecule has 3 rings (SSSR count). The van der Waals surface area contributed by atoms with Crippen LogP contribution in [0.15, 0.2) is 30.3 Å². The van der Waals surface area contributed by atoms with E-state index in [-0.39, 0.29) is 23.8 Å². The molecule has 5 heteroatoms. The summed E-state index contributed by atoms with van der Waals surface area (Å²) in [5, 5.41) is 3.01. The number of amides is 2. The van der Waals surface area contributed by atoms with Crippen molar-refractivity contribution in [3.63, 3.8) is 0 Å². The highest BCUT2D eigenvalue weighted by Crippen LogP contribution is 2.22. The SMILES string of the molecule is C[C@H](C(=O)N1CCCCCC1)N1CCC[C@H](C(=O)Nc2ccccc2)C1. The summed E-state index contributed by atoms with van der Waals surface area (Å²) < 4.78 is 0. The molecule has 1 N–H and O–H groups in total. The van der Waals surface area contributed by atoms with E-state index in [1.807, 2.05) is 42.2 Å². The summed E-state index contributed by atoms with van der Waals surface area (Å²) in [5.41, 5.74) is 0.836. The quantitative estimate of drug-likeness (QED) is 0.901. The van der Waals surface area contributed by atoms with Crippen molar-refractivity contribution in [3.05, 3.63) is 30.3 Å². The summed E-state index contributed by atoms with van der Waals surface area (Å²) in [4.78, 5) is 29.8. The minimum Gasteiger partial charge on any atom is -0.341 e. The van der Waals surface area contributed by atoms with Crippen molar-refractivity contribution in [2.45, 2.75) is 51.5 Å². The molecule has 0 radical (unpaired) electrons. The Hall–Kier alpha value is -1.88. The maximum Gasteiger partial charge on any atom is 0.239 e. The van der Waals surface area contributed by atoms with Gasteiger partial charge in [0.15, 0.2) is 0 Å². The van der Waals surface area contributed by atoms with Crippen LogP contribution in [-0.4, -0.2) is 53.8 Å². The topological polar surface area (TPSA) is 52.7 Å². The molecule has 2 saturated heterocycles. The van der Waals surface area contributed by atoms with Gasteiger partial charge < -0.3 is 10.2 Å². The van der Waals surface area contributed by atoms with Crippen LogP contribution in [0, 0.1) is 5.92 Å². The fraction of sp³-hybridized carbons (Fsp3) is 0.619. The summed E-state index contributed by atoms with van der Waals surface area (Å²) in [6, 6.07) is 9.46. The Morgan fingerprint density at radius 3 is 2.38 bits per heavy atom. The lowest BCUT2D eigenvalue weighted by Gasteiger charge is -2.37. The van der Waals surface area contributed by atoms with Gasteiger partial charge in [0.2, 0.25) is 11.8 Å². The number of nitrogens with one attached hydrogen (secondary N) is 1. The summed E-state index contributed by atoms with van der Waals surface area (Å²) in [7, 11) is 0. The molecule has 2 heterocycles. The zero-order valence-electron chi connectivity index (χ0n) is 15.8. The number of benzene rings is 1. The zero-order chi connectivity index (χ0) is 18.4. The number of carbonyl (C=O) groups excluding carboxylic acids is 2. The lowest BCUT2D eigenvalue weighted by atomic mass is 9.95. The second-order valence-electron chi connectivity index (χ2n) is 7.60. The molecule has 5 nitrogen and oxygen atoms in total. The van der Waals surface area contributed by atoms with E-state index in [4.69, 9.17) is 0 Å². The number of likely N-dealkylation sites (tertiary alicyclic amines) is 2. The molecule has 26 heavy (non-hydrogen) atoms. The fourth-order valence-electron chi connectivity index (χ4n) is 4.05. The van der Waals surface area contributed by atoms with Crippen LogP contribution in [-0.2, 0) is 9.59 Å². The molecule has 2 aliphatic heterocycles. The molecular formula is C21H31N3O2. The highest BCUT2D eigenvalue weighted by Gasteiger charge is 2.32. The molecule has 0 spiro atoms. The minimum absolute atomic E-state index is 0.0525. The van der Waals surface area contributed by atoms with Gasteiger partial charge in [-0.2, -0.15) is 0 Å². The van der Waals surface area contributed by atoms with Gasteiger partial charge in [-0.05, 0) is 51.3 Å². The van der Waals surface area contributed by atoms with Crippen LogP contribution in [0.1, 0.15) is 45.4 Å². The number of para-hydroxylation sites is 1. The maximum absolute atomic E-state index is 12.9. The number of nitrogens with zero attached hydrogens (tertiary/aromatic N) is 2. The van der Waals surface area contributed by atoms with E-state index in [1.54, 1.807) is 0 Å². The molecule has 2 aliphatic rings. The van der Waals surface area contributed by atoms with E-state index in [0.29, 0.717) is 6.54 Å². The number of hydrogen-bond donors (Lipinski definition) is 1. The molecule has 0 aliphatic carbocycles. The average molecular weight is 357 g/mol. The molecule has 0 aromatic heterocycles. The van der Waals surface area contributed by atoms with Gasteiger partial charge >= 0.3 is 0 Å². The highest BCUT2D eigenvalue weighted by atomic mass is 16.2. The summed E-state index contributed by atoms with van der Waals surface area (Å²) in [5.74, 6) is 0.245. The summed E-state index contributed by atoms with van der Waals surface area (Å²) >= 11 is 0. The standard InChI is InChI=1S/C21H31N3O2/c1-17(21(26)23-13-7-2-3-8-14-23)24-15-9-10-18(16-24)20(25)22-19-11-5-4-6-12-19/h4-6,11-12,17-18H,2-3,7-10,13-16H2,1H3,(H,22,25)/t17-,18+/m1/s1. The maximum atomic E-state index is 12.9. The minimum atomic E-state index is -0.138. The molecule has 2 atom stereocenters. The Labute approximate surface area is 156 Å². The largest absolute Gasteiger partial charge is 0.341 e. The van der Waals surface area contributed by atoms with Crippen LogP contribution >= 0.6 is 0 Å². The molecule has 2 amide bonds. The second-order valence-corrected chi connectivity index (χ2v) is 7.60. The first-order chi connectivity index (χ1) is 12.6. The summed E-state index contributed by atoms with van der Waals surface area (Å²) in [6.07, 6.45) is 6.53. The van der Waals surface area contributed by atoms with Crippen molar-refractivity contribution in [1.29, 1.82) is 0 Å². The third-order valence-corrected chi connectivity index (χ3v) is 5.69. The van der Waals surface area contributed by atoms with E-state index in [0.717, 1.165) is 51.0 Å². The van der Waals surface area contributed by atoms with E-state index in [9.17, 15) is 9.59 Å². The van der Waals surface area contributed by atoms with E-state index >= 15 is 0 Å². The Morgan fingerprint density at radius 2 is 1.69 bits per heavy atom. The molecule has 1 aromatic rings. The van der Waals surface area contributed by atoms with Crippen molar-refractivity contribution >= 4 is 17.5 Å². The third-order valence-electron chi connectivity index (χ3n) is 5.69. The first-order valence-corrected chi connectivity index (χ1v) is 10.0. The zero-order valence-corrected chi connectivity index (χ0v) is 15.8. The van der Waals surface area contributed by atoms with Gasteiger partial charge in [-0.1, -0.05) is 31.0 Å². The van der Waals surface area contributed by atoms with Gasteiger partial charge in [0.05, 0.1) is 12.0 Å². The first-order valence-electron chi connectivity index (χ1n) is 10.0. The van der Waals surface area contributed by atoms with Crippen molar-refractivity contribution in [3.8, 4) is 0 Å². The molecule has 0 saturated carbocycles. The van der Waals surface area contributed by atoms with Gasteiger partial charge in [0, 0.05) is 25.3 Å². The summed E-state index contributed by atoms with van der Waals surface area (Å²) in [6.45, 7) is 5.34. The van der Waals surface area contributed by atoms with Crippen molar-refractivity contribution in [2.24, 2.45) is 5.92 Å². The van der Waals surface area contributed by atoms with Crippen LogP contribution in [0.2, 0.25) is 0 Å². The van der Waals surface area contributed by atoms with Crippen molar-refractivity contribution in [2.75, 3.05) is 31.5 Å². The number of carbonyl (C=O) groups is 2. The Morgan fingerprint density at radius 1 is 1.00 bits per heavy atom. The van der Waals surface area contributed by atoms with Crippen LogP contribution in [0.5, 0.6) is 0 Å². The van der Waals surface area contributed by atoms with E-state index in [2.05, 4.69) is 10.2 Å². The second kappa shape index (κ2) is 9.17. The monoisotopic (exact) mass is 357 g/mol. The van der Waals surface area contributed by atoms with Gasteiger partial charge in [-0.15, -0.1) is 0 Å². The number of hydrogen-bond acceptors (Lipinski definition) is 3. The third kappa shape index (κ3) is 4.85. The average Bonchev–Trinajstić information content (AvgIpc) is 2.97. The smallest absolute Gasteiger partial charge is 0.239 e. The van der Waals surface area contributed by atoms with Crippen LogP contribution in [0.4, 0.5) is 5.69 Å². The van der Waals surface area contributed by atoms with Gasteiger partial charge in [-0.25, -0.2) is 0 Å². The highest BCUT2D eigenvalue weighted by molar-refractivity contribution is 5.92. The van der Waals surface area contributed by atoms with Crippen molar-refractivity contribution < 1.29 is 9.59 Å². The Bertz CT molecular complexity index is 597. The molecule has 1 aromatic carbocycles. The fourth-order valence-corrected chi connectivity index (χ4v) is 4.05.